The Hall–Kier alpha value is -0.885. The van der Waals surface area contributed by atoms with Crippen LogP contribution in [0.2, 0.25) is 0 Å². The van der Waals surface area contributed by atoms with Gasteiger partial charge >= 0.3 is 37.7 Å². The molecule has 0 N–H and O–H groups in total. The number of rotatable bonds is 3. The number of hydrogen-bond donors (Lipinski definition) is 0. The zero-order valence-corrected chi connectivity index (χ0v) is 13.4. The van der Waals surface area contributed by atoms with E-state index in [1.807, 2.05) is 0 Å². The van der Waals surface area contributed by atoms with Crippen molar-refractivity contribution in [3.8, 4) is 0 Å². The molecule has 0 radical (unpaired) electrons. The molecule has 1 atom stereocenters. The third-order valence-corrected chi connectivity index (χ3v) is 5.35. The van der Waals surface area contributed by atoms with Crippen LogP contribution in [0.1, 0.15) is 54.9 Å². The summed E-state index contributed by atoms with van der Waals surface area (Å²) in [5.74, 6) is 0.597. The van der Waals surface area contributed by atoms with E-state index < -0.39 is 0 Å². The first-order valence-electron chi connectivity index (χ1n) is 8.28. The molecule has 0 nitrogen and oxygen atoms in total. The number of fused-ring (bicyclic) bond motifs is 2. The van der Waals surface area contributed by atoms with Crippen molar-refractivity contribution in [1.82, 2.24) is 0 Å². The predicted octanol–water partition coefficient (Wildman–Crippen LogP) is 4.70. The molecule has 1 unspecified atom stereocenters. The van der Waals surface area contributed by atoms with Crippen molar-refractivity contribution in [3.63, 3.8) is 0 Å². The second-order valence-corrected chi connectivity index (χ2v) is 6.64. The molecule has 0 heterocycles. The van der Waals surface area contributed by atoms with Crippen LogP contribution in [0.4, 0.5) is 0 Å². The summed E-state index contributed by atoms with van der Waals surface area (Å²) in [6, 6.07) is 17.8. The molecular formula is C22H24Li2. The Morgan fingerprint density at radius 2 is 1.54 bits per heavy atom. The fraction of sp³-hybridized carbons (Fsp3) is 0.273. The maximum atomic E-state index is 2.46. The molecular weight excluding hydrogens is 278 g/mol. The van der Waals surface area contributed by atoms with Crippen LogP contribution in [0, 0.1) is 0 Å². The quantitative estimate of drug-likeness (QED) is 0.721. The van der Waals surface area contributed by atoms with Crippen LogP contribution < -0.4 is 0 Å². The van der Waals surface area contributed by atoms with Gasteiger partial charge in [-0.3, -0.25) is 0 Å². The zero-order chi connectivity index (χ0) is 15.1. The van der Waals surface area contributed by atoms with Gasteiger partial charge in [-0.05, 0) is 66.5 Å². The molecule has 2 aliphatic carbocycles. The van der Waals surface area contributed by atoms with E-state index in [1.54, 1.807) is 5.57 Å². The third-order valence-electron chi connectivity index (χ3n) is 5.35. The molecule has 4 rings (SSSR count). The van der Waals surface area contributed by atoms with Crippen molar-refractivity contribution >= 4 is 48.9 Å². The molecule has 0 saturated heterocycles. The van der Waals surface area contributed by atoms with Crippen LogP contribution in [0.3, 0.4) is 0 Å². The zero-order valence-electron chi connectivity index (χ0n) is 13.4. The average Bonchev–Trinajstić information content (AvgIpc) is 3.04. The molecule has 0 spiro atoms. The van der Waals surface area contributed by atoms with Crippen LogP contribution in [-0.4, -0.2) is 37.7 Å². The van der Waals surface area contributed by atoms with E-state index in [0.717, 1.165) is 6.42 Å². The Kier molecular flexibility index (Phi) is 6.48. The summed E-state index contributed by atoms with van der Waals surface area (Å²) in [5.41, 5.74) is 10.5. The van der Waals surface area contributed by atoms with E-state index in [-0.39, 0.29) is 37.7 Å². The summed E-state index contributed by atoms with van der Waals surface area (Å²) in [5, 5.41) is 0. The standard InChI is InChI=1S/C22H22.2Li.2H/c1-15-13-19(22-10-6-5-8-20(15)22)12-11-17-14-18-7-3-4-9-21(18)16(17)2;;;;/h3-10,13,19H,11-12,14H2,1-2H3;;;;. The molecule has 0 aromatic heterocycles. The minimum absolute atomic E-state index is 0. The van der Waals surface area contributed by atoms with Gasteiger partial charge in [0.1, 0.15) is 0 Å². The summed E-state index contributed by atoms with van der Waals surface area (Å²) in [7, 11) is 0. The Morgan fingerprint density at radius 1 is 0.875 bits per heavy atom. The van der Waals surface area contributed by atoms with E-state index >= 15 is 0 Å². The van der Waals surface area contributed by atoms with Crippen LogP contribution in [0.15, 0.2) is 60.2 Å². The van der Waals surface area contributed by atoms with Crippen LogP contribution in [0.5, 0.6) is 0 Å². The van der Waals surface area contributed by atoms with Gasteiger partial charge in [0, 0.05) is 5.92 Å². The summed E-state index contributed by atoms with van der Waals surface area (Å²) < 4.78 is 0. The van der Waals surface area contributed by atoms with E-state index in [2.05, 4.69) is 68.5 Å². The first-order valence-corrected chi connectivity index (χ1v) is 8.28. The van der Waals surface area contributed by atoms with Crippen LogP contribution in [0.25, 0.3) is 11.1 Å². The number of benzene rings is 2. The van der Waals surface area contributed by atoms with Crippen LogP contribution in [-0.2, 0) is 6.42 Å². The van der Waals surface area contributed by atoms with Gasteiger partial charge in [-0.15, -0.1) is 0 Å². The fourth-order valence-electron chi connectivity index (χ4n) is 4.10. The SMILES string of the molecule is CC1=CC(CCC2=C(C)c3ccccc3C2)c2ccccc21.[LiH].[LiH]. The molecule has 2 aliphatic rings. The predicted molar refractivity (Wildman–Crippen MR) is 109 cm³/mol. The number of allylic oxidation sites excluding steroid dienone is 4. The van der Waals surface area contributed by atoms with Gasteiger partial charge < -0.3 is 0 Å². The molecule has 24 heavy (non-hydrogen) atoms. The summed E-state index contributed by atoms with van der Waals surface area (Å²) in [4.78, 5) is 0. The van der Waals surface area contributed by atoms with E-state index in [9.17, 15) is 0 Å². The molecule has 2 heteroatoms. The third kappa shape index (κ3) is 3.40. The van der Waals surface area contributed by atoms with Crippen molar-refractivity contribution in [2.24, 2.45) is 0 Å². The molecule has 0 saturated carbocycles. The second-order valence-electron chi connectivity index (χ2n) is 6.64. The molecule has 0 bridgehead atoms. The Bertz CT molecular complexity index is 799. The van der Waals surface area contributed by atoms with E-state index in [0.29, 0.717) is 5.92 Å². The van der Waals surface area contributed by atoms with Gasteiger partial charge in [-0.25, -0.2) is 0 Å². The Balaban J connectivity index is 0.00000104. The topological polar surface area (TPSA) is 0 Å². The summed E-state index contributed by atoms with van der Waals surface area (Å²) >= 11 is 0. The molecule has 2 aromatic rings. The Morgan fingerprint density at radius 3 is 2.29 bits per heavy atom. The van der Waals surface area contributed by atoms with Crippen molar-refractivity contribution in [3.05, 3.63) is 82.4 Å². The average molecular weight is 302 g/mol. The first kappa shape index (κ1) is 19.4. The van der Waals surface area contributed by atoms with E-state index in [1.165, 1.54) is 46.2 Å². The molecule has 114 valence electrons. The van der Waals surface area contributed by atoms with E-state index in [4.69, 9.17) is 0 Å². The van der Waals surface area contributed by atoms with Crippen molar-refractivity contribution < 1.29 is 0 Å². The van der Waals surface area contributed by atoms with Crippen molar-refractivity contribution in [2.75, 3.05) is 0 Å². The second kappa shape index (κ2) is 8.00. The maximum absolute atomic E-state index is 2.46. The molecule has 2 aromatic carbocycles. The van der Waals surface area contributed by atoms with Gasteiger partial charge in [-0.2, -0.15) is 0 Å². The monoisotopic (exact) mass is 302 g/mol. The molecule has 0 aliphatic heterocycles. The fourth-order valence-corrected chi connectivity index (χ4v) is 4.10. The normalized spacial score (nSPS) is 17.6. The van der Waals surface area contributed by atoms with Gasteiger partial charge in [0.2, 0.25) is 0 Å². The van der Waals surface area contributed by atoms with Crippen molar-refractivity contribution in [2.45, 2.75) is 39.0 Å². The summed E-state index contributed by atoms with van der Waals surface area (Å²) in [6.07, 6.45) is 6.06. The van der Waals surface area contributed by atoms with Gasteiger partial charge in [0.05, 0.1) is 0 Å². The molecule has 0 amide bonds. The summed E-state index contributed by atoms with van der Waals surface area (Å²) in [6.45, 7) is 4.54. The van der Waals surface area contributed by atoms with Crippen molar-refractivity contribution in [1.29, 1.82) is 0 Å². The Labute approximate surface area is 169 Å². The number of hydrogen-bond acceptors (Lipinski definition) is 0. The van der Waals surface area contributed by atoms with Gasteiger partial charge in [0.25, 0.3) is 0 Å². The van der Waals surface area contributed by atoms with Crippen LogP contribution >= 0.6 is 0 Å². The van der Waals surface area contributed by atoms with Gasteiger partial charge in [-0.1, -0.05) is 60.2 Å². The van der Waals surface area contributed by atoms with Gasteiger partial charge in [0.15, 0.2) is 0 Å². The molecule has 0 fully saturated rings. The minimum atomic E-state index is 0. The first-order chi connectivity index (χ1) is 10.7.